The van der Waals surface area contributed by atoms with Crippen LogP contribution >= 0.6 is 0 Å². The molecule has 0 aliphatic rings. The van der Waals surface area contributed by atoms with Gasteiger partial charge in [-0.15, -0.1) is 0 Å². The van der Waals surface area contributed by atoms with Gasteiger partial charge in [0.2, 0.25) is 10.0 Å². The molecule has 2 aromatic rings. The number of hydrogen-bond donors (Lipinski definition) is 1. The molecule has 5 heteroatoms. The Labute approximate surface area is 132 Å². The fraction of sp³-hybridized carbons (Fsp3) is 0.294. The molecular weight excluding hydrogens is 298 g/mol. The predicted octanol–water partition coefficient (Wildman–Crippen LogP) is 3.46. The topological polar surface area (TPSA) is 55.4 Å². The number of benzene rings is 2. The first-order chi connectivity index (χ1) is 10.5. The fourth-order valence-electron chi connectivity index (χ4n) is 2.02. The van der Waals surface area contributed by atoms with Crippen LogP contribution in [0.4, 0.5) is 5.69 Å². The molecule has 0 aliphatic carbocycles. The normalized spacial score (nSPS) is 11.4. The minimum atomic E-state index is -3.42. The summed E-state index contributed by atoms with van der Waals surface area (Å²) in [6, 6.07) is 16.6. The van der Waals surface area contributed by atoms with Crippen molar-refractivity contribution in [2.45, 2.75) is 26.4 Å². The minimum Gasteiger partial charge on any atom is -0.489 e. The second kappa shape index (κ2) is 7.31. The quantitative estimate of drug-likeness (QED) is 0.850. The second-order valence-corrected chi connectivity index (χ2v) is 7.16. The number of hydrogen-bond acceptors (Lipinski definition) is 3. The van der Waals surface area contributed by atoms with Gasteiger partial charge in [0, 0.05) is 0 Å². The summed E-state index contributed by atoms with van der Waals surface area (Å²) >= 11 is 0. The van der Waals surface area contributed by atoms with E-state index in [0.29, 0.717) is 17.9 Å². The monoisotopic (exact) mass is 319 g/mol. The maximum absolute atomic E-state index is 12.2. The van der Waals surface area contributed by atoms with Gasteiger partial charge in [0.05, 0.1) is 17.5 Å². The average Bonchev–Trinajstić information content (AvgIpc) is 2.48. The van der Waals surface area contributed by atoms with E-state index >= 15 is 0 Å². The third kappa shape index (κ3) is 5.07. The van der Waals surface area contributed by atoms with E-state index in [2.05, 4.69) is 4.72 Å². The SMILES string of the molecule is CC(C)Oc1ccccc1NS(=O)(=O)CCc1ccccc1. The molecule has 4 nitrogen and oxygen atoms in total. The molecule has 0 spiro atoms. The van der Waals surface area contributed by atoms with Crippen molar-refractivity contribution in [3.05, 3.63) is 60.2 Å². The highest BCUT2D eigenvalue weighted by molar-refractivity contribution is 7.92. The highest BCUT2D eigenvalue weighted by atomic mass is 32.2. The van der Waals surface area contributed by atoms with Gasteiger partial charge >= 0.3 is 0 Å². The van der Waals surface area contributed by atoms with Crippen molar-refractivity contribution in [2.24, 2.45) is 0 Å². The van der Waals surface area contributed by atoms with E-state index in [0.717, 1.165) is 5.56 Å². The average molecular weight is 319 g/mol. The van der Waals surface area contributed by atoms with E-state index in [1.165, 1.54) is 0 Å². The van der Waals surface area contributed by atoms with Gasteiger partial charge in [-0.1, -0.05) is 42.5 Å². The molecule has 2 aromatic carbocycles. The lowest BCUT2D eigenvalue weighted by Gasteiger charge is -2.15. The maximum Gasteiger partial charge on any atom is 0.233 e. The summed E-state index contributed by atoms with van der Waals surface area (Å²) in [6.45, 7) is 3.81. The summed E-state index contributed by atoms with van der Waals surface area (Å²) < 4.78 is 32.7. The molecule has 2 rings (SSSR count). The van der Waals surface area contributed by atoms with Crippen LogP contribution in [0, 0.1) is 0 Å². The number of anilines is 1. The Hall–Kier alpha value is -2.01. The van der Waals surface area contributed by atoms with Gasteiger partial charge in [-0.3, -0.25) is 4.72 Å². The molecule has 0 aromatic heterocycles. The van der Waals surface area contributed by atoms with Crippen molar-refractivity contribution in [1.82, 2.24) is 0 Å². The molecule has 0 heterocycles. The largest absolute Gasteiger partial charge is 0.489 e. The zero-order valence-corrected chi connectivity index (χ0v) is 13.6. The highest BCUT2D eigenvalue weighted by Gasteiger charge is 2.14. The molecule has 118 valence electrons. The van der Waals surface area contributed by atoms with Gasteiger partial charge in [-0.2, -0.15) is 0 Å². The maximum atomic E-state index is 12.2. The molecule has 22 heavy (non-hydrogen) atoms. The summed E-state index contributed by atoms with van der Waals surface area (Å²) in [5.74, 6) is 0.577. The van der Waals surface area contributed by atoms with E-state index in [1.807, 2.05) is 50.2 Å². The Balaban J connectivity index is 2.05. The van der Waals surface area contributed by atoms with Crippen LogP contribution in [0.5, 0.6) is 5.75 Å². The summed E-state index contributed by atoms with van der Waals surface area (Å²) in [4.78, 5) is 0. The van der Waals surface area contributed by atoms with Gasteiger partial charge in [0.1, 0.15) is 5.75 Å². The van der Waals surface area contributed by atoms with E-state index in [9.17, 15) is 8.42 Å². The van der Waals surface area contributed by atoms with Crippen molar-refractivity contribution in [3.63, 3.8) is 0 Å². The zero-order chi connectivity index (χ0) is 16.0. The highest BCUT2D eigenvalue weighted by Crippen LogP contribution is 2.26. The van der Waals surface area contributed by atoms with Gasteiger partial charge in [-0.25, -0.2) is 8.42 Å². The Morgan fingerprint density at radius 2 is 1.64 bits per heavy atom. The van der Waals surface area contributed by atoms with Crippen molar-refractivity contribution in [3.8, 4) is 5.75 Å². The van der Waals surface area contributed by atoms with Crippen LogP contribution < -0.4 is 9.46 Å². The van der Waals surface area contributed by atoms with Gasteiger partial charge in [0.25, 0.3) is 0 Å². The molecule has 0 saturated carbocycles. The third-order valence-electron chi connectivity index (χ3n) is 3.02. The smallest absolute Gasteiger partial charge is 0.233 e. The Kier molecular flexibility index (Phi) is 5.44. The van der Waals surface area contributed by atoms with Crippen LogP contribution in [0.2, 0.25) is 0 Å². The number of nitrogens with one attached hydrogen (secondary N) is 1. The summed E-state index contributed by atoms with van der Waals surface area (Å²) in [7, 11) is -3.42. The van der Waals surface area contributed by atoms with Crippen LogP contribution in [0.25, 0.3) is 0 Å². The predicted molar refractivity (Wildman–Crippen MR) is 89.8 cm³/mol. The first-order valence-corrected chi connectivity index (χ1v) is 8.91. The van der Waals surface area contributed by atoms with E-state index in [4.69, 9.17) is 4.74 Å². The van der Waals surface area contributed by atoms with Crippen LogP contribution in [0.3, 0.4) is 0 Å². The second-order valence-electron chi connectivity index (χ2n) is 5.32. The number of ether oxygens (including phenoxy) is 1. The van der Waals surface area contributed by atoms with Gasteiger partial charge in [0.15, 0.2) is 0 Å². The lowest BCUT2D eigenvalue weighted by atomic mass is 10.2. The van der Waals surface area contributed by atoms with Crippen molar-refractivity contribution >= 4 is 15.7 Å². The summed E-state index contributed by atoms with van der Waals surface area (Å²) in [5.41, 5.74) is 1.48. The lowest BCUT2D eigenvalue weighted by molar-refractivity contribution is 0.244. The fourth-order valence-corrected chi connectivity index (χ4v) is 3.13. The van der Waals surface area contributed by atoms with Crippen LogP contribution in [0.15, 0.2) is 54.6 Å². The molecule has 0 bridgehead atoms. The zero-order valence-electron chi connectivity index (χ0n) is 12.8. The van der Waals surface area contributed by atoms with Crippen LogP contribution in [0.1, 0.15) is 19.4 Å². The standard InChI is InChI=1S/C17H21NO3S/c1-14(2)21-17-11-7-6-10-16(17)18-22(19,20)13-12-15-8-4-3-5-9-15/h3-11,14,18H,12-13H2,1-2H3. The lowest BCUT2D eigenvalue weighted by Crippen LogP contribution is -2.19. The number of rotatable bonds is 7. The molecule has 1 N–H and O–H groups in total. The van der Waals surface area contributed by atoms with Crippen LogP contribution in [-0.2, 0) is 16.4 Å². The molecule has 0 amide bonds. The first-order valence-electron chi connectivity index (χ1n) is 7.26. The Bertz CT molecular complexity index is 697. The number of aryl methyl sites for hydroxylation is 1. The summed E-state index contributed by atoms with van der Waals surface area (Å²) in [6.07, 6.45) is 0.457. The van der Waals surface area contributed by atoms with Gasteiger partial charge < -0.3 is 4.74 Å². The van der Waals surface area contributed by atoms with E-state index in [1.54, 1.807) is 18.2 Å². The molecule has 0 fully saturated rings. The van der Waals surface area contributed by atoms with E-state index < -0.39 is 10.0 Å². The molecule has 0 radical (unpaired) electrons. The molecule has 0 atom stereocenters. The van der Waals surface area contributed by atoms with Crippen molar-refractivity contribution < 1.29 is 13.2 Å². The Morgan fingerprint density at radius 1 is 1.00 bits per heavy atom. The third-order valence-corrected chi connectivity index (χ3v) is 4.29. The number of para-hydroxylation sites is 2. The summed E-state index contributed by atoms with van der Waals surface area (Å²) in [5, 5.41) is 0. The van der Waals surface area contributed by atoms with Gasteiger partial charge in [-0.05, 0) is 38.0 Å². The first kappa shape index (κ1) is 16.4. The van der Waals surface area contributed by atoms with E-state index in [-0.39, 0.29) is 11.9 Å². The molecule has 0 unspecified atom stereocenters. The molecule has 0 aliphatic heterocycles. The minimum absolute atomic E-state index is 0.0185. The van der Waals surface area contributed by atoms with Crippen molar-refractivity contribution in [1.29, 1.82) is 0 Å². The molecule has 0 saturated heterocycles. The Morgan fingerprint density at radius 3 is 2.32 bits per heavy atom. The molecular formula is C17H21NO3S. The van der Waals surface area contributed by atoms with Crippen molar-refractivity contribution in [2.75, 3.05) is 10.5 Å². The van der Waals surface area contributed by atoms with Crippen LogP contribution in [-0.4, -0.2) is 20.3 Å². The number of sulfonamides is 1.